The molecule has 0 aliphatic carbocycles. The summed E-state index contributed by atoms with van der Waals surface area (Å²) in [5, 5.41) is 0. The molecule has 0 amide bonds. The first-order valence-electron chi connectivity index (χ1n) is 6.09. The van der Waals surface area contributed by atoms with Gasteiger partial charge in [-0.2, -0.15) is 0 Å². The molecule has 0 radical (unpaired) electrons. The maximum atomic E-state index is 13.5. The van der Waals surface area contributed by atoms with Gasteiger partial charge in [0.2, 0.25) is 0 Å². The fourth-order valence-electron chi connectivity index (χ4n) is 2.42. The van der Waals surface area contributed by atoms with Gasteiger partial charge in [-0.1, -0.05) is 12.5 Å². The Balaban J connectivity index is 2.13. The monoisotopic (exact) mass is 240 g/mol. The Morgan fingerprint density at radius 2 is 1.94 bits per heavy atom. The van der Waals surface area contributed by atoms with E-state index in [2.05, 4.69) is 4.90 Å². The number of nitrogens with two attached hydrogens (primary N) is 1. The second-order valence-corrected chi connectivity index (χ2v) is 4.56. The van der Waals surface area contributed by atoms with Gasteiger partial charge >= 0.3 is 0 Å². The van der Waals surface area contributed by atoms with Crippen LogP contribution in [-0.4, -0.2) is 24.0 Å². The van der Waals surface area contributed by atoms with E-state index < -0.39 is 11.6 Å². The van der Waals surface area contributed by atoms with E-state index in [4.69, 9.17) is 5.73 Å². The molecule has 4 heteroatoms. The second-order valence-electron chi connectivity index (χ2n) is 4.56. The number of halogens is 2. The molecule has 94 valence electrons. The highest BCUT2D eigenvalue weighted by atomic mass is 19.1. The van der Waals surface area contributed by atoms with Crippen LogP contribution in [0.3, 0.4) is 0 Å². The fraction of sp³-hybridized carbons (Fsp3) is 0.538. The maximum absolute atomic E-state index is 13.5. The summed E-state index contributed by atoms with van der Waals surface area (Å²) in [7, 11) is 0. The Morgan fingerprint density at radius 1 is 1.24 bits per heavy atom. The summed E-state index contributed by atoms with van der Waals surface area (Å²) >= 11 is 0. The maximum Gasteiger partial charge on any atom is 0.130 e. The van der Waals surface area contributed by atoms with Crippen molar-refractivity contribution in [1.29, 1.82) is 0 Å². The highest BCUT2D eigenvalue weighted by Gasteiger charge is 2.23. The van der Waals surface area contributed by atoms with Gasteiger partial charge in [0.05, 0.1) is 0 Å². The molecule has 17 heavy (non-hydrogen) atoms. The molecule has 1 saturated heterocycles. The molecule has 0 saturated carbocycles. The van der Waals surface area contributed by atoms with Crippen LogP contribution in [-0.2, 0) is 6.54 Å². The number of piperidine rings is 1. The minimum atomic E-state index is -0.466. The zero-order valence-corrected chi connectivity index (χ0v) is 9.83. The molecule has 1 fully saturated rings. The van der Waals surface area contributed by atoms with Crippen molar-refractivity contribution in [2.75, 3.05) is 13.1 Å². The van der Waals surface area contributed by atoms with Gasteiger partial charge in [-0.3, -0.25) is 4.90 Å². The van der Waals surface area contributed by atoms with E-state index in [1.165, 1.54) is 18.2 Å². The molecule has 2 rings (SSSR count). The quantitative estimate of drug-likeness (QED) is 0.878. The van der Waals surface area contributed by atoms with Crippen molar-refractivity contribution in [1.82, 2.24) is 4.90 Å². The molecule has 1 atom stereocenters. The summed E-state index contributed by atoms with van der Waals surface area (Å²) in [6, 6.07) is 4.26. The van der Waals surface area contributed by atoms with Gasteiger partial charge in [-0.15, -0.1) is 0 Å². The largest absolute Gasteiger partial charge is 0.329 e. The van der Waals surface area contributed by atoms with Crippen molar-refractivity contribution in [2.24, 2.45) is 5.73 Å². The van der Waals surface area contributed by atoms with Crippen molar-refractivity contribution >= 4 is 0 Å². The molecular weight excluding hydrogens is 222 g/mol. The van der Waals surface area contributed by atoms with Crippen LogP contribution in [0.25, 0.3) is 0 Å². The molecule has 2 N–H and O–H groups in total. The Kier molecular flexibility index (Phi) is 4.07. The normalized spacial score (nSPS) is 21.7. The molecule has 1 aliphatic rings. The smallest absolute Gasteiger partial charge is 0.130 e. The minimum absolute atomic E-state index is 0.160. The zero-order chi connectivity index (χ0) is 12.3. The number of hydrogen-bond acceptors (Lipinski definition) is 2. The van der Waals surface area contributed by atoms with Crippen molar-refractivity contribution in [3.8, 4) is 0 Å². The van der Waals surface area contributed by atoms with Crippen LogP contribution in [0, 0.1) is 11.6 Å². The fourth-order valence-corrected chi connectivity index (χ4v) is 2.42. The van der Waals surface area contributed by atoms with Gasteiger partial charge in [0.15, 0.2) is 0 Å². The summed E-state index contributed by atoms with van der Waals surface area (Å²) in [6.45, 7) is 1.74. The molecular formula is C13H18F2N2. The molecule has 1 heterocycles. The lowest BCUT2D eigenvalue weighted by atomic mass is 10.0. The lowest BCUT2D eigenvalue weighted by molar-refractivity contribution is 0.141. The third-order valence-corrected chi connectivity index (χ3v) is 3.44. The molecule has 2 nitrogen and oxygen atoms in total. The van der Waals surface area contributed by atoms with Crippen molar-refractivity contribution in [3.05, 3.63) is 35.4 Å². The number of rotatable bonds is 3. The van der Waals surface area contributed by atoms with Crippen LogP contribution in [0.5, 0.6) is 0 Å². The number of hydrogen-bond donors (Lipinski definition) is 1. The average Bonchev–Trinajstić information content (AvgIpc) is 2.34. The first-order valence-corrected chi connectivity index (χ1v) is 6.09. The first-order chi connectivity index (χ1) is 8.22. The number of likely N-dealkylation sites (tertiary alicyclic amines) is 1. The zero-order valence-electron chi connectivity index (χ0n) is 9.83. The summed E-state index contributed by atoms with van der Waals surface area (Å²) in [6.07, 6.45) is 3.25. The summed E-state index contributed by atoms with van der Waals surface area (Å²) < 4.78 is 27.1. The van der Waals surface area contributed by atoms with E-state index in [0.29, 0.717) is 13.1 Å². The highest BCUT2D eigenvalue weighted by molar-refractivity contribution is 5.19. The van der Waals surface area contributed by atoms with Gasteiger partial charge in [0.1, 0.15) is 11.6 Å². The van der Waals surface area contributed by atoms with E-state index in [1.54, 1.807) is 0 Å². The Bertz CT molecular complexity index is 361. The van der Waals surface area contributed by atoms with Crippen LogP contribution in [0.4, 0.5) is 8.78 Å². The third kappa shape index (κ3) is 2.82. The summed E-state index contributed by atoms with van der Waals surface area (Å²) in [5.74, 6) is -0.933. The molecule has 0 aromatic heterocycles. The van der Waals surface area contributed by atoms with Crippen LogP contribution >= 0.6 is 0 Å². The molecule has 0 spiro atoms. The topological polar surface area (TPSA) is 29.3 Å². The predicted octanol–water partition coefficient (Wildman–Crippen LogP) is 2.28. The SMILES string of the molecule is NCC1CCCCN1Cc1c(F)cccc1F. The lowest BCUT2D eigenvalue weighted by Crippen LogP contribution is -2.43. The lowest BCUT2D eigenvalue weighted by Gasteiger charge is -2.35. The van der Waals surface area contributed by atoms with Gasteiger partial charge in [-0.25, -0.2) is 8.78 Å². The van der Waals surface area contributed by atoms with E-state index in [0.717, 1.165) is 25.8 Å². The van der Waals surface area contributed by atoms with Crippen molar-refractivity contribution < 1.29 is 8.78 Å². The highest BCUT2D eigenvalue weighted by Crippen LogP contribution is 2.21. The van der Waals surface area contributed by atoms with Crippen LogP contribution in [0.15, 0.2) is 18.2 Å². The Morgan fingerprint density at radius 3 is 2.59 bits per heavy atom. The standard InChI is InChI=1S/C13H18F2N2/c14-12-5-3-6-13(15)11(12)9-17-7-2-1-4-10(17)8-16/h3,5-6,10H,1-2,4,7-9,16H2. The summed E-state index contributed by atoms with van der Waals surface area (Å²) in [5.41, 5.74) is 5.85. The number of nitrogens with zero attached hydrogens (tertiary/aromatic N) is 1. The third-order valence-electron chi connectivity index (χ3n) is 3.44. The molecule has 1 unspecified atom stereocenters. The Labute approximate surface area is 100 Å². The average molecular weight is 240 g/mol. The van der Waals surface area contributed by atoms with Crippen LogP contribution < -0.4 is 5.73 Å². The van der Waals surface area contributed by atoms with Gasteiger partial charge in [0.25, 0.3) is 0 Å². The van der Waals surface area contributed by atoms with E-state index in [1.807, 2.05) is 0 Å². The van der Waals surface area contributed by atoms with E-state index in [9.17, 15) is 8.78 Å². The molecule has 1 aromatic rings. The molecule has 0 bridgehead atoms. The van der Waals surface area contributed by atoms with Crippen LogP contribution in [0.2, 0.25) is 0 Å². The van der Waals surface area contributed by atoms with E-state index >= 15 is 0 Å². The van der Waals surface area contributed by atoms with Crippen molar-refractivity contribution in [2.45, 2.75) is 31.8 Å². The summed E-state index contributed by atoms with van der Waals surface area (Å²) in [4.78, 5) is 2.09. The molecule has 1 aromatic carbocycles. The first kappa shape index (κ1) is 12.5. The van der Waals surface area contributed by atoms with Crippen LogP contribution in [0.1, 0.15) is 24.8 Å². The van der Waals surface area contributed by atoms with Gasteiger partial charge in [0, 0.05) is 24.7 Å². The minimum Gasteiger partial charge on any atom is -0.329 e. The second kappa shape index (κ2) is 5.56. The van der Waals surface area contributed by atoms with Crippen molar-refractivity contribution in [3.63, 3.8) is 0 Å². The molecule has 1 aliphatic heterocycles. The number of benzene rings is 1. The van der Waals surface area contributed by atoms with E-state index in [-0.39, 0.29) is 11.6 Å². The Hall–Kier alpha value is -1.00. The van der Waals surface area contributed by atoms with Gasteiger partial charge in [-0.05, 0) is 31.5 Å². The predicted molar refractivity (Wildman–Crippen MR) is 63.5 cm³/mol. The van der Waals surface area contributed by atoms with Gasteiger partial charge < -0.3 is 5.73 Å².